The lowest BCUT2D eigenvalue weighted by molar-refractivity contribution is 0.318. The lowest BCUT2D eigenvalue weighted by atomic mass is 10.2. The van der Waals surface area contributed by atoms with Gasteiger partial charge in [-0.15, -0.1) is 11.3 Å². The molecule has 0 aliphatic carbocycles. The van der Waals surface area contributed by atoms with Crippen LogP contribution in [0, 0.1) is 0 Å². The average molecular weight is 327 g/mol. The Morgan fingerprint density at radius 1 is 1.22 bits per heavy atom. The van der Waals surface area contributed by atoms with E-state index in [1.807, 2.05) is 11.3 Å². The molecule has 0 fully saturated rings. The minimum atomic E-state index is 0.966. The molecule has 1 aromatic carbocycles. The van der Waals surface area contributed by atoms with Crippen molar-refractivity contribution < 1.29 is 0 Å². The molecule has 0 atom stereocenters. The zero-order valence-electron chi connectivity index (χ0n) is 10.7. The van der Waals surface area contributed by atoms with Crippen molar-refractivity contribution in [3.63, 3.8) is 0 Å². The summed E-state index contributed by atoms with van der Waals surface area (Å²) in [6.45, 7) is 2.12. The quantitative estimate of drug-likeness (QED) is 0.557. The third kappa shape index (κ3) is 4.04. The maximum absolute atomic E-state index is 4.67. The molecule has 4 heteroatoms. The zero-order valence-corrected chi connectivity index (χ0v) is 13.1. The Morgan fingerprint density at radius 2 is 2.06 bits per heavy atom. The highest BCUT2D eigenvalue weighted by atomic mass is 79.9. The van der Waals surface area contributed by atoms with E-state index in [0.29, 0.717) is 0 Å². The Kier molecular flexibility index (Phi) is 5.60. The number of hydrogen-bond acceptors (Lipinski definition) is 3. The fraction of sp³-hybridized carbons (Fsp3) is 0.500. The van der Waals surface area contributed by atoms with E-state index in [0.717, 1.165) is 23.9 Å². The number of rotatable bonds is 7. The first-order chi connectivity index (χ1) is 8.79. The minimum absolute atomic E-state index is 0.966. The maximum Gasteiger partial charge on any atom is 0.108 e. The lowest BCUT2D eigenvalue weighted by Gasteiger charge is -2.14. The van der Waals surface area contributed by atoms with Gasteiger partial charge in [-0.1, -0.05) is 34.5 Å². The van der Waals surface area contributed by atoms with E-state index in [2.05, 4.69) is 57.1 Å². The van der Waals surface area contributed by atoms with Gasteiger partial charge >= 0.3 is 0 Å². The molecule has 2 aromatic rings. The molecule has 0 aliphatic rings. The van der Waals surface area contributed by atoms with Gasteiger partial charge in [-0.2, -0.15) is 0 Å². The highest BCUT2D eigenvalue weighted by Crippen LogP contribution is 2.22. The average Bonchev–Trinajstić information content (AvgIpc) is 2.76. The maximum atomic E-state index is 4.67. The van der Waals surface area contributed by atoms with E-state index in [1.54, 1.807) is 0 Å². The van der Waals surface area contributed by atoms with Crippen LogP contribution in [0.15, 0.2) is 24.3 Å². The highest BCUT2D eigenvalue weighted by Gasteiger charge is 2.06. The molecule has 0 bridgehead atoms. The molecule has 1 aromatic heterocycles. The van der Waals surface area contributed by atoms with Crippen molar-refractivity contribution in [2.75, 3.05) is 18.9 Å². The Labute approximate surface area is 121 Å². The predicted octanol–water partition coefficient (Wildman–Crippen LogP) is 4.29. The van der Waals surface area contributed by atoms with Crippen LogP contribution in [0.4, 0.5) is 0 Å². The molecule has 0 radical (unpaired) electrons. The number of benzene rings is 1. The summed E-state index contributed by atoms with van der Waals surface area (Å²) >= 11 is 5.28. The van der Waals surface area contributed by atoms with Crippen LogP contribution < -0.4 is 0 Å². The number of unbranched alkanes of at least 4 members (excludes halogenated alkanes) is 2. The van der Waals surface area contributed by atoms with E-state index < -0.39 is 0 Å². The van der Waals surface area contributed by atoms with Crippen molar-refractivity contribution in [2.24, 2.45) is 0 Å². The largest absolute Gasteiger partial charge is 0.300 e. The standard InChI is InChI=1S/C14H19BrN2S/c1-17(10-6-2-5-9-15)11-14-16-12-7-3-4-8-13(12)18-14/h3-4,7-8H,2,5-6,9-11H2,1H3. The van der Waals surface area contributed by atoms with Crippen LogP contribution in [0.2, 0.25) is 0 Å². The monoisotopic (exact) mass is 326 g/mol. The first-order valence-corrected chi connectivity index (χ1v) is 8.32. The third-order valence-electron chi connectivity index (χ3n) is 2.92. The molecule has 0 saturated heterocycles. The van der Waals surface area contributed by atoms with Gasteiger partial charge in [0.2, 0.25) is 0 Å². The van der Waals surface area contributed by atoms with E-state index in [1.165, 1.54) is 29.0 Å². The second-order valence-electron chi connectivity index (χ2n) is 4.56. The molecule has 2 nitrogen and oxygen atoms in total. The Morgan fingerprint density at radius 3 is 2.83 bits per heavy atom. The van der Waals surface area contributed by atoms with E-state index in [9.17, 15) is 0 Å². The van der Waals surface area contributed by atoms with Crippen molar-refractivity contribution in [2.45, 2.75) is 25.8 Å². The zero-order chi connectivity index (χ0) is 12.8. The first kappa shape index (κ1) is 14.0. The van der Waals surface area contributed by atoms with Crippen LogP contribution >= 0.6 is 27.3 Å². The fourth-order valence-corrected chi connectivity index (χ4v) is 3.39. The number of para-hydroxylation sites is 1. The van der Waals surface area contributed by atoms with Crippen LogP contribution in [-0.4, -0.2) is 28.8 Å². The summed E-state index contributed by atoms with van der Waals surface area (Å²) in [4.78, 5) is 7.03. The first-order valence-electron chi connectivity index (χ1n) is 6.38. The molecule has 98 valence electrons. The number of halogens is 1. The summed E-state index contributed by atoms with van der Waals surface area (Å²) in [6, 6.07) is 8.36. The summed E-state index contributed by atoms with van der Waals surface area (Å²) in [6.07, 6.45) is 3.84. The van der Waals surface area contributed by atoms with Crippen molar-refractivity contribution >= 4 is 37.5 Å². The highest BCUT2D eigenvalue weighted by molar-refractivity contribution is 9.09. The number of nitrogens with zero attached hydrogens (tertiary/aromatic N) is 2. The van der Waals surface area contributed by atoms with Gasteiger partial charge in [0.15, 0.2) is 0 Å². The van der Waals surface area contributed by atoms with E-state index in [4.69, 9.17) is 0 Å². The van der Waals surface area contributed by atoms with Gasteiger partial charge in [0, 0.05) is 5.33 Å². The van der Waals surface area contributed by atoms with Gasteiger partial charge in [0.05, 0.1) is 16.8 Å². The number of aromatic nitrogens is 1. The van der Waals surface area contributed by atoms with Gasteiger partial charge in [-0.05, 0) is 38.6 Å². The van der Waals surface area contributed by atoms with Crippen molar-refractivity contribution in [3.05, 3.63) is 29.3 Å². The number of fused-ring (bicyclic) bond motifs is 1. The molecule has 0 spiro atoms. The van der Waals surface area contributed by atoms with E-state index in [-0.39, 0.29) is 0 Å². The lowest BCUT2D eigenvalue weighted by Crippen LogP contribution is -2.18. The molecule has 1 heterocycles. The Bertz CT molecular complexity index is 450. The molecule has 0 aliphatic heterocycles. The van der Waals surface area contributed by atoms with Gasteiger partial charge in [-0.25, -0.2) is 4.98 Å². The van der Waals surface area contributed by atoms with Crippen molar-refractivity contribution in [1.82, 2.24) is 9.88 Å². The van der Waals surface area contributed by atoms with Crippen LogP contribution in [0.3, 0.4) is 0 Å². The smallest absolute Gasteiger partial charge is 0.108 e. The van der Waals surface area contributed by atoms with Crippen LogP contribution in [0.25, 0.3) is 10.2 Å². The fourth-order valence-electron chi connectivity index (χ4n) is 1.95. The van der Waals surface area contributed by atoms with Gasteiger partial charge in [0.1, 0.15) is 5.01 Å². The van der Waals surface area contributed by atoms with Crippen LogP contribution in [0.5, 0.6) is 0 Å². The van der Waals surface area contributed by atoms with Crippen molar-refractivity contribution in [3.8, 4) is 0 Å². The topological polar surface area (TPSA) is 16.1 Å². The molecule has 2 rings (SSSR count). The van der Waals surface area contributed by atoms with Gasteiger partial charge in [-0.3, -0.25) is 4.90 Å². The summed E-state index contributed by atoms with van der Waals surface area (Å²) in [5, 5.41) is 2.34. The summed E-state index contributed by atoms with van der Waals surface area (Å²) in [5.41, 5.74) is 1.13. The molecule has 18 heavy (non-hydrogen) atoms. The molecule has 0 N–H and O–H groups in total. The molecular weight excluding hydrogens is 308 g/mol. The second-order valence-corrected chi connectivity index (χ2v) is 6.47. The van der Waals surface area contributed by atoms with Crippen molar-refractivity contribution in [1.29, 1.82) is 0 Å². The Balaban J connectivity index is 1.84. The summed E-state index contributed by atoms with van der Waals surface area (Å²) < 4.78 is 1.29. The number of hydrogen-bond donors (Lipinski definition) is 0. The third-order valence-corrected chi connectivity index (χ3v) is 4.50. The number of alkyl halides is 1. The minimum Gasteiger partial charge on any atom is -0.300 e. The summed E-state index contributed by atoms with van der Waals surface area (Å²) in [7, 11) is 2.18. The molecule has 0 unspecified atom stereocenters. The second kappa shape index (κ2) is 7.22. The molecular formula is C14H19BrN2S. The molecule has 0 saturated carbocycles. The van der Waals surface area contributed by atoms with Crippen LogP contribution in [-0.2, 0) is 6.54 Å². The van der Waals surface area contributed by atoms with E-state index >= 15 is 0 Å². The predicted molar refractivity (Wildman–Crippen MR) is 83.6 cm³/mol. The van der Waals surface area contributed by atoms with Gasteiger partial charge < -0.3 is 0 Å². The Hall–Kier alpha value is -0.450. The molecule has 0 amide bonds. The summed E-state index contributed by atoms with van der Waals surface area (Å²) in [5.74, 6) is 0. The SMILES string of the molecule is CN(CCCCCBr)Cc1nc2ccccc2s1. The number of thiazole rings is 1. The van der Waals surface area contributed by atoms with Gasteiger partial charge in [0.25, 0.3) is 0 Å². The van der Waals surface area contributed by atoms with Crippen LogP contribution in [0.1, 0.15) is 24.3 Å². The normalized spacial score (nSPS) is 11.5.